The first kappa shape index (κ1) is 22.7. The van der Waals surface area contributed by atoms with E-state index in [1.807, 2.05) is 0 Å². The zero-order chi connectivity index (χ0) is 23.4. The van der Waals surface area contributed by atoms with Crippen molar-refractivity contribution in [3.05, 3.63) is 92.2 Å². The highest BCUT2D eigenvalue weighted by Gasteiger charge is 2.19. The summed E-state index contributed by atoms with van der Waals surface area (Å²) in [6, 6.07) is 12.3. The molecule has 0 saturated heterocycles. The molecule has 0 aliphatic rings. The Morgan fingerprint density at radius 3 is 2.41 bits per heavy atom. The second-order valence-corrected chi connectivity index (χ2v) is 7.09. The third kappa shape index (κ3) is 4.84. The van der Waals surface area contributed by atoms with Gasteiger partial charge in [0.1, 0.15) is 11.6 Å². The maximum atomic E-state index is 14.1. The Morgan fingerprint density at radius 2 is 1.75 bits per heavy atom. The highest BCUT2D eigenvalue weighted by molar-refractivity contribution is 6.30. The standard InChI is InChI=1S/C22H17ClFN3O5/c1-12-15(4-3-5-19(12)27(30)31)21(28)25-14-7-9-20(32-2)18(11-14)26-22(29)16-8-6-13(23)10-17(16)24/h3-11H,1-2H3,(H,25,28)(H,26,29). The van der Waals surface area contributed by atoms with Gasteiger partial charge in [-0.15, -0.1) is 0 Å². The number of hydrogen-bond donors (Lipinski definition) is 2. The number of carbonyl (C=O) groups excluding carboxylic acids is 2. The number of amides is 2. The lowest BCUT2D eigenvalue weighted by Gasteiger charge is -2.14. The third-order valence-electron chi connectivity index (χ3n) is 4.63. The van der Waals surface area contributed by atoms with Crippen LogP contribution in [0.1, 0.15) is 26.3 Å². The lowest BCUT2D eigenvalue weighted by molar-refractivity contribution is -0.385. The van der Waals surface area contributed by atoms with Gasteiger partial charge in [-0.2, -0.15) is 0 Å². The third-order valence-corrected chi connectivity index (χ3v) is 4.86. The summed E-state index contributed by atoms with van der Waals surface area (Å²) in [7, 11) is 1.39. The summed E-state index contributed by atoms with van der Waals surface area (Å²) in [5, 5.41) is 16.4. The van der Waals surface area contributed by atoms with Crippen molar-refractivity contribution in [1.82, 2.24) is 0 Å². The van der Waals surface area contributed by atoms with Crippen LogP contribution in [0.3, 0.4) is 0 Å². The molecule has 0 heterocycles. The van der Waals surface area contributed by atoms with E-state index in [4.69, 9.17) is 16.3 Å². The molecule has 0 saturated carbocycles. The van der Waals surface area contributed by atoms with Crippen molar-refractivity contribution in [3.63, 3.8) is 0 Å². The predicted octanol–water partition coefficient (Wildman–Crippen LogP) is 5.21. The number of nitrogens with zero attached hydrogens (tertiary/aromatic N) is 1. The molecule has 3 rings (SSSR count). The second kappa shape index (κ2) is 9.44. The lowest BCUT2D eigenvalue weighted by atomic mass is 10.1. The van der Waals surface area contributed by atoms with Gasteiger partial charge in [0, 0.05) is 27.9 Å². The molecule has 0 fully saturated rings. The molecule has 0 aliphatic carbocycles. The van der Waals surface area contributed by atoms with E-state index in [0.717, 1.165) is 6.07 Å². The average Bonchev–Trinajstić information content (AvgIpc) is 2.73. The molecule has 0 unspecified atom stereocenters. The summed E-state index contributed by atoms with van der Waals surface area (Å²) >= 11 is 5.72. The predicted molar refractivity (Wildman–Crippen MR) is 118 cm³/mol. The smallest absolute Gasteiger partial charge is 0.273 e. The maximum Gasteiger partial charge on any atom is 0.273 e. The highest BCUT2D eigenvalue weighted by atomic mass is 35.5. The summed E-state index contributed by atoms with van der Waals surface area (Å²) in [6.07, 6.45) is 0. The van der Waals surface area contributed by atoms with E-state index in [-0.39, 0.29) is 44.5 Å². The van der Waals surface area contributed by atoms with Crippen LogP contribution in [0.2, 0.25) is 5.02 Å². The highest BCUT2D eigenvalue weighted by Crippen LogP contribution is 2.30. The number of methoxy groups -OCH3 is 1. The molecule has 0 aromatic heterocycles. The number of ether oxygens (including phenoxy) is 1. The molecule has 3 aromatic rings. The molecule has 8 nitrogen and oxygen atoms in total. The number of nitrogens with one attached hydrogen (secondary N) is 2. The minimum absolute atomic E-state index is 0.129. The average molecular weight is 458 g/mol. The van der Waals surface area contributed by atoms with Crippen LogP contribution in [0.15, 0.2) is 54.6 Å². The van der Waals surface area contributed by atoms with Gasteiger partial charge in [0.15, 0.2) is 0 Å². The fourth-order valence-corrected chi connectivity index (χ4v) is 3.17. The summed E-state index contributed by atoms with van der Waals surface area (Å²) in [5.74, 6) is -1.83. The first-order valence-electron chi connectivity index (χ1n) is 9.21. The van der Waals surface area contributed by atoms with Gasteiger partial charge in [-0.1, -0.05) is 17.7 Å². The van der Waals surface area contributed by atoms with Crippen molar-refractivity contribution in [2.45, 2.75) is 6.92 Å². The number of benzene rings is 3. The lowest BCUT2D eigenvalue weighted by Crippen LogP contribution is -2.16. The minimum atomic E-state index is -0.792. The molecule has 0 aliphatic heterocycles. The van der Waals surface area contributed by atoms with E-state index < -0.39 is 22.6 Å². The van der Waals surface area contributed by atoms with E-state index in [1.54, 1.807) is 0 Å². The van der Waals surface area contributed by atoms with Gasteiger partial charge >= 0.3 is 0 Å². The fraction of sp³-hybridized carbons (Fsp3) is 0.0909. The van der Waals surface area contributed by atoms with E-state index in [0.29, 0.717) is 0 Å². The molecule has 10 heteroatoms. The van der Waals surface area contributed by atoms with Gasteiger partial charge in [0.2, 0.25) is 0 Å². The molecule has 164 valence electrons. The van der Waals surface area contributed by atoms with Crippen LogP contribution in [0.25, 0.3) is 0 Å². The molecule has 32 heavy (non-hydrogen) atoms. The number of carbonyl (C=O) groups is 2. The first-order valence-corrected chi connectivity index (χ1v) is 9.59. The quantitative estimate of drug-likeness (QED) is 0.390. The minimum Gasteiger partial charge on any atom is -0.495 e. The molecule has 2 amide bonds. The van der Waals surface area contributed by atoms with Crippen LogP contribution in [-0.4, -0.2) is 23.8 Å². The van der Waals surface area contributed by atoms with Gasteiger partial charge in [-0.25, -0.2) is 4.39 Å². The zero-order valence-electron chi connectivity index (χ0n) is 16.9. The number of rotatable bonds is 6. The number of nitro groups is 1. The molecule has 0 spiro atoms. The molecular formula is C22H17ClFN3O5. The van der Waals surface area contributed by atoms with E-state index in [9.17, 15) is 24.1 Å². The summed E-state index contributed by atoms with van der Waals surface area (Å²) < 4.78 is 19.3. The summed E-state index contributed by atoms with van der Waals surface area (Å²) in [4.78, 5) is 35.7. The fourth-order valence-electron chi connectivity index (χ4n) is 3.01. The normalized spacial score (nSPS) is 10.4. The molecule has 3 aromatic carbocycles. The van der Waals surface area contributed by atoms with Crippen LogP contribution < -0.4 is 15.4 Å². The van der Waals surface area contributed by atoms with Crippen molar-refractivity contribution in [1.29, 1.82) is 0 Å². The van der Waals surface area contributed by atoms with Gasteiger partial charge in [0.05, 0.1) is 23.3 Å². The van der Waals surface area contributed by atoms with E-state index in [2.05, 4.69) is 10.6 Å². The first-order chi connectivity index (χ1) is 15.2. The van der Waals surface area contributed by atoms with E-state index in [1.165, 1.54) is 62.6 Å². The van der Waals surface area contributed by atoms with Crippen LogP contribution >= 0.6 is 11.6 Å². The van der Waals surface area contributed by atoms with Crippen molar-refractivity contribution in [2.24, 2.45) is 0 Å². The van der Waals surface area contributed by atoms with Gasteiger partial charge in [-0.3, -0.25) is 19.7 Å². The number of halogens is 2. The van der Waals surface area contributed by atoms with Crippen molar-refractivity contribution >= 4 is 40.5 Å². The molecule has 0 atom stereocenters. The molecule has 0 radical (unpaired) electrons. The Morgan fingerprint density at radius 1 is 1.03 bits per heavy atom. The Kier molecular flexibility index (Phi) is 6.70. The topological polar surface area (TPSA) is 111 Å². The van der Waals surface area contributed by atoms with Gasteiger partial charge in [-0.05, 0) is 49.4 Å². The molecule has 0 bridgehead atoms. The summed E-state index contributed by atoms with van der Waals surface area (Å²) in [5.41, 5.74) is 0.413. The summed E-state index contributed by atoms with van der Waals surface area (Å²) in [6.45, 7) is 1.48. The van der Waals surface area contributed by atoms with Gasteiger partial charge in [0.25, 0.3) is 17.5 Å². The molecular weight excluding hydrogens is 441 g/mol. The number of nitro benzene ring substituents is 1. The van der Waals surface area contributed by atoms with Crippen LogP contribution in [-0.2, 0) is 0 Å². The van der Waals surface area contributed by atoms with Gasteiger partial charge < -0.3 is 15.4 Å². The van der Waals surface area contributed by atoms with Crippen LogP contribution in [0.4, 0.5) is 21.5 Å². The maximum absolute atomic E-state index is 14.1. The molecule has 2 N–H and O–H groups in total. The SMILES string of the molecule is COc1ccc(NC(=O)c2cccc([N+](=O)[O-])c2C)cc1NC(=O)c1ccc(Cl)cc1F. The zero-order valence-corrected chi connectivity index (χ0v) is 17.7. The van der Waals surface area contributed by atoms with Crippen molar-refractivity contribution in [2.75, 3.05) is 17.7 Å². The Bertz CT molecular complexity index is 1230. The van der Waals surface area contributed by atoms with Crippen LogP contribution in [0.5, 0.6) is 5.75 Å². The Labute approximate surface area is 187 Å². The number of hydrogen-bond acceptors (Lipinski definition) is 5. The van der Waals surface area contributed by atoms with Crippen molar-refractivity contribution < 1.29 is 23.6 Å². The van der Waals surface area contributed by atoms with Crippen molar-refractivity contribution in [3.8, 4) is 5.75 Å². The Balaban J connectivity index is 1.86. The van der Waals surface area contributed by atoms with Crippen LogP contribution in [0, 0.1) is 22.9 Å². The number of anilines is 2. The largest absolute Gasteiger partial charge is 0.495 e. The van der Waals surface area contributed by atoms with E-state index >= 15 is 0 Å². The Hall–Kier alpha value is -3.98. The second-order valence-electron chi connectivity index (χ2n) is 6.65. The monoisotopic (exact) mass is 457 g/mol.